The van der Waals surface area contributed by atoms with Crippen LogP contribution in [0.1, 0.15) is 21.5 Å². The maximum atomic E-state index is 12.3. The Morgan fingerprint density at radius 2 is 1.80 bits per heavy atom. The number of amides is 1. The number of hydrogen-bond acceptors (Lipinski definition) is 3. The topological polar surface area (TPSA) is 65.2 Å². The van der Waals surface area contributed by atoms with Gasteiger partial charge in [-0.2, -0.15) is 0 Å². The van der Waals surface area contributed by atoms with Crippen LogP contribution in [0.5, 0.6) is 0 Å². The Morgan fingerprint density at radius 1 is 1.08 bits per heavy atom. The minimum Gasteiger partial charge on any atom is -0.378 e. The lowest BCUT2D eigenvalue weighted by Crippen LogP contribution is -2.26. The number of fused-ring (bicyclic) bond motifs is 1. The molecule has 0 aliphatic rings. The highest BCUT2D eigenvalue weighted by atomic mass is 16.1. The molecule has 1 heterocycles. The zero-order valence-electron chi connectivity index (χ0n) is 14.6. The van der Waals surface area contributed by atoms with Crippen molar-refractivity contribution in [3.8, 4) is 0 Å². The van der Waals surface area contributed by atoms with Gasteiger partial charge in [0, 0.05) is 43.0 Å². The molecular weight excluding hydrogens is 314 g/mol. The van der Waals surface area contributed by atoms with E-state index in [1.807, 2.05) is 62.3 Å². The fourth-order valence-electron chi connectivity index (χ4n) is 2.69. The SMILES string of the molecule is Cc1ccc2[nH]c(=O)c(CNC(=O)c3ccc(N(C)C)cc3)cc2c1. The Balaban J connectivity index is 1.76. The summed E-state index contributed by atoms with van der Waals surface area (Å²) in [5, 5.41) is 3.77. The normalized spacial score (nSPS) is 10.7. The molecule has 0 bridgehead atoms. The number of carbonyl (C=O) groups is 1. The molecule has 3 aromatic rings. The molecule has 1 amide bonds. The van der Waals surface area contributed by atoms with Gasteiger partial charge in [-0.1, -0.05) is 11.6 Å². The number of nitrogens with zero attached hydrogens (tertiary/aromatic N) is 1. The van der Waals surface area contributed by atoms with E-state index in [-0.39, 0.29) is 18.0 Å². The first-order valence-electron chi connectivity index (χ1n) is 8.12. The molecule has 0 aliphatic carbocycles. The molecule has 1 aromatic heterocycles. The molecule has 0 atom stereocenters. The number of nitrogens with one attached hydrogen (secondary N) is 2. The summed E-state index contributed by atoms with van der Waals surface area (Å²) >= 11 is 0. The lowest BCUT2D eigenvalue weighted by molar-refractivity contribution is 0.0951. The van der Waals surface area contributed by atoms with E-state index in [9.17, 15) is 9.59 Å². The second-order valence-electron chi connectivity index (χ2n) is 6.34. The van der Waals surface area contributed by atoms with E-state index in [4.69, 9.17) is 0 Å². The number of aromatic amines is 1. The van der Waals surface area contributed by atoms with Crippen LogP contribution >= 0.6 is 0 Å². The van der Waals surface area contributed by atoms with Gasteiger partial charge >= 0.3 is 0 Å². The molecule has 2 aromatic carbocycles. The largest absolute Gasteiger partial charge is 0.378 e. The van der Waals surface area contributed by atoms with Crippen LogP contribution in [0.2, 0.25) is 0 Å². The Bertz CT molecular complexity index is 972. The summed E-state index contributed by atoms with van der Waals surface area (Å²) in [7, 11) is 3.89. The number of H-pyrrole nitrogens is 1. The maximum absolute atomic E-state index is 12.3. The molecule has 0 saturated carbocycles. The van der Waals surface area contributed by atoms with Crippen molar-refractivity contribution in [2.24, 2.45) is 0 Å². The van der Waals surface area contributed by atoms with Crippen LogP contribution in [0.4, 0.5) is 5.69 Å². The van der Waals surface area contributed by atoms with E-state index in [0.717, 1.165) is 22.2 Å². The molecular formula is C20H21N3O2. The van der Waals surface area contributed by atoms with E-state index in [2.05, 4.69) is 10.3 Å². The Morgan fingerprint density at radius 3 is 2.48 bits per heavy atom. The second-order valence-corrected chi connectivity index (χ2v) is 6.34. The molecule has 2 N–H and O–H groups in total. The molecule has 0 fully saturated rings. The minimum absolute atomic E-state index is 0.181. The summed E-state index contributed by atoms with van der Waals surface area (Å²) < 4.78 is 0. The highest BCUT2D eigenvalue weighted by Gasteiger charge is 2.08. The second kappa shape index (κ2) is 6.81. The average molecular weight is 335 g/mol. The first kappa shape index (κ1) is 16.8. The number of hydrogen-bond donors (Lipinski definition) is 2. The Hall–Kier alpha value is -3.08. The van der Waals surface area contributed by atoms with Gasteiger partial charge in [0.05, 0.1) is 0 Å². The number of aryl methyl sites for hydroxylation is 1. The number of rotatable bonds is 4. The van der Waals surface area contributed by atoms with Crippen LogP contribution in [0.3, 0.4) is 0 Å². The van der Waals surface area contributed by atoms with Gasteiger partial charge in [-0.15, -0.1) is 0 Å². The average Bonchev–Trinajstić information content (AvgIpc) is 2.60. The number of anilines is 1. The van der Waals surface area contributed by atoms with E-state index < -0.39 is 0 Å². The zero-order valence-corrected chi connectivity index (χ0v) is 14.6. The third-order valence-electron chi connectivity index (χ3n) is 4.16. The van der Waals surface area contributed by atoms with E-state index >= 15 is 0 Å². The molecule has 0 unspecified atom stereocenters. The van der Waals surface area contributed by atoms with Crippen LogP contribution in [0.25, 0.3) is 10.9 Å². The van der Waals surface area contributed by atoms with Crippen LogP contribution in [0.15, 0.2) is 53.3 Å². The highest BCUT2D eigenvalue weighted by Crippen LogP contribution is 2.14. The van der Waals surface area contributed by atoms with E-state index in [1.54, 1.807) is 12.1 Å². The molecule has 0 spiro atoms. The molecule has 0 saturated heterocycles. The first-order chi connectivity index (χ1) is 11.9. The van der Waals surface area contributed by atoms with Crippen molar-refractivity contribution in [1.82, 2.24) is 10.3 Å². The first-order valence-corrected chi connectivity index (χ1v) is 8.12. The van der Waals surface area contributed by atoms with Crippen molar-refractivity contribution in [1.29, 1.82) is 0 Å². The molecule has 5 nitrogen and oxygen atoms in total. The number of pyridine rings is 1. The lowest BCUT2D eigenvalue weighted by atomic mass is 10.1. The van der Waals surface area contributed by atoms with Gasteiger partial charge in [-0.05, 0) is 54.8 Å². The summed E-state index contributed by atoms with van der Waals surface area (Å²) in [5.74, 6) is -0.200. The van der Waals surface area contributed by atoms with Crippen molar-refractivity contribution < 1.29 is 4.79 Å². The van der Waals surface area contributed by atoms with Crippen molar-refractivity contribution in [3.05, 3.63) is 75.6 Å². The summed E-state index contributed by atoms with van der Waals surface area (Å²) in [4.78, 5) is 29.3. The Kier molecular flexibility index (Phi) is 4.57. The van der Waals surface area contributed by atoms with E-state index in [1.165, 1.54) is 0 Å². The number of benzene rings is 2. The zero-order chi connectivity index (χ0) is 18.0. The van der Waals surface area contributed by atoms with Crippen molar-refractivity contribution in [3.63, 3.8) is 0 Å². The smallest absolute Gasteiger partial charge is 0.253 e. The van der Waals surface area contributed by atoms with Gasteiger partial charge in [0.25, 0.3) is 11.5 Å². The molecule has 0 aliphatic heterocycles. The van der Waals surface area contributed by atoms with Crippen molar-refractivity contribution >= 4 is 22.5 Å². The summed E-state index contributed by atoms with van der Waals surface area (Å²) in [6.45, 7) is 2.19. The van der Waals surface area contributed by atoms with Gasteiger partial charge in [0.15, 0.2) is 0 Å². The molecule has 5 heteroatoms. The van der Waals surface area contributed by atoms with E-state index in [0.29, 0.717) is 11.1 Å². The monoisotopic (exact) mass is 335 g/mol. The van der Waals surface area contributed by atoms with Crippen LogP contribution in [-0.4, -0.2) is 25.0 Å². The molecule has 3 rings (SSSR count). The van der Waals surface area contributed by atoms with Crippen LogP contribution < -0.4 is 15.8 Å². The van der Waals surface area contributed by atoms with Gasteiger partial charge in [0.1, 0.15) is 0 Å². The third-order valence-corrected chi connectivity index (χ3v) is 4.16. The third kappa shape index (κ3) is 3.71. The Labute approximate surface area is 146 Å². The predicted octanol–water partition coefficient (Wildman–Crippen LogP) is 2.83. The summed E-state index contributed by atoms with van der Waals surface area (Å²) in [6, 6.07) is 15.0. The fraction of sp³-hybridized carbons (Fsp3) is 0.200. The molecule has 128 valence electrons. The highest BCUT2D eigenvalue weighted by molar-refractivity contribution is 5.94. The minimum atomic E-state index is -0.200. The van der Waals surface area contributed by atoms with Crippen LogP contribution in [0, 0.1) is 6.92 Å². The number of carbonyl (C=O) groups excluding carboxylic acids is 1. The predicted molar refractivity (Wildman–Crippen MR) is 101 cm³/mol. The van der Waals surface area contributed by atoms with Crippen molar-refractivity contribution in [2.45, 2.75) is 13.5 Å². The standard InChI is InChI=1S/C20H21N3O2/c1-13-4-9-18-15(10-13)11-16(20(25)22-18)12-21-19(24)14-5-7-17(8-6-14)23(2)3/h4-11H,12H2,1-3H3,(H,21,24)(H,22,25). The van der Waals surface area contributed by atoms with Gasteiger partial charge in [0.2, 0.25) is 0 Å². The van der Waals surface area contributed by atoms with Crippen molar-refractivity contribution in [2.75, 3.05) is 19.0 Å². The summed E-state index contributed by atoms with van der Waals surface area (Å²) in [6.07, 6.45) is 0. The van der Waals surface area contributed by atoms with Gasteiger partial charge in [-0.25, -0.2) is 0 Å². The fourth-order valence-corrected chi connectivity index (χ4v) is 2.69. The van der Waals surface area contributed by atoms with Gasteiger partial charge in [-0.3, -0.25) is 9.59 Å². The molecule has 25 heavy (non-hydrogen) atoms. The number of aromatic nitrogens is 1. The summed E-state index contributed by atoms with van der Waals surface area (Å²) in [5.41, 5.74) is 3.87. The molecule has 0 radical (unpaired) electrons. The lowest BCUT2D eigenvalue weighted by Gasteiger charge is -2.12. The maximum Gasteiger partial charge on any atom is 0.253 e. The van der Waals surface area contributed by atoms with Crippen LogP contribution in [-0.2, 0) is 6.54 Å². The van der Waals surface area contributed by atoms with Gasteiger partial charge < -0.3 is 15.2 Å². The quantitative estimate of drug-likeness (QED) is 0.770.